The smallest absolute Gasteiger partial charge is 0.315 e. The Morgan fingerprint density at radius 1 is 1.37 bits per heavy atom. The Hall–Kier alpha value is -1.83. The van der Waals surface area contributed by atoms with Crippen LogP contribution in [-0.2, 0) is 19.1 Å². The van der Waals surface area contributed by atoms with Crippen molar-refractivity contribution in [3.63, 3.8) is 0 Å². The van der Waals surface area contributed by atoms with Crippen LogP contribution in [0.5, 0.6) is 0 Å². The number of rotatable bonds is 6. The lowest BCUT2D eigenvalue weighted by Crippen LogP contribution is -2.47. The second-order valence-electron chi connectivity index (χ2n) is 4.04. The molecule has 2 unspecified atom stereocenters. The standard InChI is InChI=1S/C11H18N2O6/c1-2-19-9(14)3-4-12-11(17)13-8-6-18-5-7(8)10(15)16/h7-8H,2-6H2,1H3,(H,15,16)(H2,12,13,17). The second kappa shape index (κ2) is 7.57. The lowest BCUT2D eigenvalue weighted by atomic mass is 10.0. The van der Waals surface area contributed by atoms with Crippen molar-refractivity contribution in [3.05, 3.63) is 0 Å². The molecule has 2 amide bonds. The second-order valence-corrected chi connectivity index (χ2v) is 4.04. The number of hydrogen-bond acceptors (Lipinski definition) is 5. The van der Waals surface area contributed by atoms with Crippen molar-refractivity contribution in [2.45, 2.75) is 19.4 Å². The van der Waals surface area contributed by atoms with Crippen LogP contribution in [0.1, 0.15) is 13.3 Å². The largest absolute Gasteiger partial charge is 0.481 e. The van der Waals surface area contributed by atoms with Gasteiger partial charge in [-0.1, -0.05) is 0 Å². The monoisotopic (exact) mass is 274 g/mol. The summed E-state index contributed by atoms with van der Waals surface area (Å²) in [4.78, 5) is 33.4. The van der Waals surface area contributed by atoms with Crippen LogP contribution < -0.4 is 10.6 Å². The van der Waals surface area contributed by atoms with Crippen molar-refractivity contribution in [3.8, 4) is 0 Å². The third-order valence-electron chi connectivity index (χ3n) is 2.63. The van der Waals surface area contributed by atoms with Crippen LogP contribution in [0.15, 0.2) is 0 Å². The Morgan fingerprint density at radius 3 is 2.74 bits per heavy atom. The maximum Gasteiger partial charge on any atom is 0.315 e. The number of carboxylic acids is 1. The Kier molecular flexibility index (Phi) is 6.07. The van der Waals surface area contributed by atoms with Crippen LogP contribution in [0.3, 0.4) is 0 Å². The van der Waals surface area contributed by atoms with Gasteiger partial charge in [0, 0.05) is 6.54 Å². The van der Waals surface area contributed by atoms with Gasteiger partial charge in [0.15, 0.2) is 0 Å². The molecule has 0 aliphatic carbocycles. The number of hydrogen-bond donors (Lipinski definition) is 3. The van der Waals surface area contributed by atoms with E-state index < -0.39 is 29.9 Å². The molecule has 8 nitrogen and oxygen atoms in total. The summed E-state index contributed by atoms with van der Waals surface area (Å²) in [6, 6.07) is -1.08. The number of carbonyl (C=O) groups excluding carboxylic acids is 2. The third-order valence-corrected chi connectivity index (χ3v) is 2.63. The molecule has 8 heteroatoms. The molecular weight excluding hydrogens is 256 g/mol. The molecule has 1 aliphatic rings. The Morgan fingerprint density at radius 2 is 2.11 bits per heavy atom. The summed E-state index contributed by atoms with van der Waals surface area (Å²) in [6.07, 6.45) is 0.0742. The Balaban J connectivity index is 2.24. The van der Waals surface area contributed by atoms with E-state index in [0.29, 0.717) is 6.61 Å². The molecule has 108 valence electrons. The highest BCUT2D eigenvalue weighted by atomic mass is 16.5. The lowest BCUT2D eigenvalue weighted by molar-refractivity contribution is -0.143. The first kappa shape index (κ1) is 15.2. The highest BCUT2D eigenvalue weighted by Crippen LogP contribution is 2.13. The SMILES string of the molecule is CCOC(=O)CCNC(=O)NC1COCC1C(=O)O. The van der Waals surface area contributed by atoms with E-state index in [9.17, 15) is 14.4 Å². The number of amides is 2. The zero-order valence-corrected chi connectivity index (χ0v) is 10.7. The van der Waals surface area contributed by atoms with Gasteiger partial charge in [0.1, 0.15) is 5.92 Å². The number of carbonyl (C=O) groups is 3. The molecule has 19 heavy (non-hydrogen) atoms. The highest BCUT2D eigenvalue weighted by Gasteiger charge is 2.34. The van der Waals surface area contributed by atoms with Crippen LogP contribution in [0.2, 0.25) is 0 Å². The fourth-order valence-corrected chi connectivity index (χ4v) is 1.67. The zero-order chi connectivity index (χ0) is 14.3. The van der Waals surface area contributed by atoms with Crippen LogP contribution >= 0.6 is 0 Å². The molecule has 1 fully saturated rings. The average molecular weight is 274 g/mol. The summed E-state index contributed by atoms with van der Waals surface area (Å²) >= 11 is 0. The first-order chi connectivity index (χ1) is 9.04. The molecule has 0 bridgehead atoms. The van der Waals surface area contributed by atoms with Crippen LogP contribution in [-0.4, -0.2) is 55.5 Å². The van der Waals surface area contributed by atoms with E-state index in [2.05, 4.69) is 10.6 Å². The quantitative estimate of drug-likeness (QED) is 0.554. The number of esters is 1. The molecule has 0 radical (unpaired) electrons. The van der Waals surface area contributed by atoms with Crippen molar-refractivity contribution in [1.82, 2.24) is 10.6 Å². The normalized spacial score (nSPS) is 21.7. The maximum atomic E-state index is 11.5. The zero-order valence-electron chi connectivity index (χ0n) is 10.7. The van der Waals surface area contributed by atoms with Gasteiger partial charge in [-0.2, -0.15) is 0 Å². The van der Waals surface area contributed by atoms with Crippen LogP contribution in [0.4, 0.5) is 4.79 Å². The predicted molar refractivity (Wildman–Crippen MR) is 63.5 cm³/mol. The highest BCUT2D eigenvalue weighted by molar-refractivity contribution is 5.77. The molecule has 1 aliphatic heterocycles. The minimum absolute atomic E-state index is 0.0742. The van der Waals surface area contributed by atoms with Crippen molar-refractivity contribution in [1.29, 1.82) is 0 Å². The van der Waals surface area contributed by atoms with E-state index in [-0.39, 0.29) is 26.2 Å². The first-order valence-electron chi connectivity index (χ1n) is 6.05. The average Bonchev–Trinajstić information content (AvgIpc) is 2.77. The molecule has 0 aromatic heterocycles. The van der Waals surface area contributed by atoms with E-state index in [0.717, 1.165) is 0 Å². The molecule has 3 N–H and O–H groups in total. The molecule has 1 heterocycles. The van der Waals surface area contributed by atoms with Gasteiger partial charge in [-0.05, 0) is 6.92 Å². The van der Waals surface area contributed by atoms with Crippen LogP contribution in [0, 0.1) is 5.92 Å². The van der Waals surface area contributed by atoms with E-state index >= 15 is 0 Å². The summed E-state index contributed by atoms with van der Waals surface area (Å²) in [6.45, 7) is 2.39. The third kappa shape index (κ3) is 5.12. The van der Waals surface area contributed by atoms with E-state index in [1.807, 2.05) is 0 Å². The van der Waals surface area contributed by atoms with E-state index in [4.69, 9.17) is 14.6 Å². The lowest BCUT2D eigenvalue weighted by Gasteiger charge is -2.16. The Labute approximate surface area is 110 Å². The Bertz CT molecular complexity index is 346. The van der Waals surface area contributed by atoms with Gasteiger partial charge < -0.3 is 25.2 Å². The molecule has 0 spiro atoms. The van der Waals surface area contributed by atoms with Gasteiger partial charge in [0.2, 0.25) is 0 Å². The summed E-state index contributed by atoms with van der Waals surface area (Å²) in [5.41, 5.74) is 0. The van der Waals surface area contributed by atoms with Crippen molar-refractivity contribution in [2.75, 3.05) is 26.4 Å². The molecule has 2 atom stereocenters. The van der Waals surface area contributed by atoms with Gasteiger partial charge >= 0.3 is 18.0 Å². The minimum atomic E-state index is -1.01. The summed E-state index contributed by atoms with van der Waals surface area (Å²) in [7, 11) is 0. The number of carboxylic acid groups (broad SMARTS) is 1. The van der Waals surface area contributed by atoms with Crippen molar-refractivity contribution in [2.24, 2.45) is 5.92 Å². The molecular formula is C11H18N2O6. The van der Waals surface area contributed by atoms with Crippen molar-refractivity contribution >= 4 is 18.0 Å². The molecule has 0 aromatic carbocycles. The number of aliphatic carboxylic acids is 1. The molecule has 1 rings (SSSR count). The molecule has 0 aromatic rings. The number of ether oxygens (including phenoxy) is 2. The molecule has 1 saturated heterocycles. The summed E-state index contributed by atoms with van der Waals surface area (Å²) < 4.78 is 9.71. The first-order valence-corrected chi connectivity index (χ1v) is 6.05. The maximum absolute atomic E-state index is 11.5. The fraction of sp³-hybridized carbons (Fsp3) is 0.727. The fourth-order valence-electron chi connectivity index (χ4n) is 1.67. The van der Waals surface area contributed by atoms with E-state index in [1.54, 1.807) is 6.92 Å². The number of urea groups is 1. The predicted octanol–water partition coefficient (Wildman–Crippen LogP) is -0.662. The minimum Gasteiger partial charge on any atom is -0.481 e. The number of nitrogens with one attached hydrogen (secondary N) is 2. The van der Waals surface area contributed by atoms with Gasteiger partial charge in [0.05, 0.1) is 32.3 Å². The molecule has 0 saturated carbocycles. The van der Waals surface area contributed by atoms with Crippen molar-refractivity contribution < 1.29 is 29.0 Å². The topological polar surface area (TPSA) is 114 Å². The van der Waals surface area contributed by atoms with E-state index in [1.165, 1.54) is 0 Å². The van der Waals surface area contributed by atoms with Gasteiger partial charge in [-0.3, -0.25) is 9.59 Å². The van der Waals surface area contributed by atoms with Gasteiger partial charge in [0.25, 0.3) is 0 Å². The van der Waals surface area contributed by atoms with Gasteiger partial charge in [-0.15, -0.1) is 0 Å². The van der Waals surface area contributed by atoms with Gasteiger partial charge in [-0.25, -0.2) is 4.79 Å². The summed E-state index contributed by atoms with van der Waals surface area (Å²) in [5, 5.41) is 13.9. The van der Waals surface area contributed by atoms with Crippen LogP contribution in [0.25, 0.3) is 0 Å². The summed E-state index contributed by atoms with van der Waals surface area (Å²) in [5.74, 6) is -2.14.